The first-order chi connectivity index (χ1) is 11.1. The molecule has 25 heavy (non-hydrogen) atoms. The third kappa shape index (κ3) is 5.23. The van der Waals surface area contributed by atoms with E-state index in [1.165, 1.54) is 0 Å². The van der Waals surface area contributed by atoms with Crippen molar-refractivity contribution >= 4 is 36.4 Å². The summed E-state index contributed by atoms with van der Waals surface area (Å²) in [5, 5.41) is 6.52. The number of hydrogen-bond acceptors (Lipinski definition) is 4. The normalized spacial score (nSPS) is 17.4. The minimum atomic E-state index is -0.0630. The number of fused-ring (bicyclic) bond motifs is 1. The van der Waals surface area contributed by atoms with E-state index in [4.69, 9.17) is 4.74 Å². The van der Waals surface area contributed by atoms with Crippen LogP contribution >= 0.6 is 24.8 Å². The van der Waals surface area contributed by atoms with Crippen LogP contribution in [-0.2, 0) is 11.2 Å². The second-order valence-electron chi connectivity index (χ2n) is 6.96. The van der Waals surface area contributed by atoms with Crippen LogP contribution in [-0.4, -0.2) is 55.7 Å². The second kappa shape index (κ2) is 9.62. The third-order valence-corrected chi connectivity index (χ3v) is 4.89. The first-order valence-electron chi connectivity index (χ1n) is 8.55. The van der Waals surface area contributed by atoms with E-state index in [0.717, 1.165) is 62.5 Å². The summed E-state index contributed by atoms with van der Waals surface area (Å²) in [6.45, 7) is 9.39. The molecule has 0 aromatic heterocycles. The Morgan fingerprint density at radius 3 is 2.72 bits per heavy atom. The van der Waals surface area contributed by atoms with E-state index in [9.17, 15) is 4.79 Å². The Hall–Kier alpha value is -1.01. The molecule has 5 nitrogen and oxygen atoms in total. The van der Waals surface area contributed by atoms with Crippen molar-refractivity contribution in [2.24, 2.45) is 0 Å². The molecule has 1 aromatic rings. The van der Waals surface area contributed by atoms with Crippen LogP contribution in [0.5, 0.6) is 0 Å². The monoisotopic (exact) mass is 389 g/mol. The van der Waals surface area contributed by atoms with Gasteiger partial charge in [0.2, 0.25) is 0 Å². The highest BCUT2D eigenvalue weighted by atomic mass is 35.5. The average molecular weight is 390 g/mol. The van der Waals surface area contributed by atoms with Gasteiger partial charge in [0.1, 0.15) is 0 Å². The quantitative estimate of drug-likeness (QED) is 0.830. The minimum Gasteiger partial charge on any atom is -0.385 e. The molecule has 1 aromatic carbocycles. The van der Waals surface area contributed by atoms with Crippen LogP contribution in [0.4, 0.5) is 5.69 Å². The maximum atomic E-state index is 12.7. The Balaban J connectivity index is 0.00000156. The van der Waals surface area contributed by atoms with E-state index in [1.807, 2.05) is 12.1 Å². The fraction of sp³-hybridized carbons (Fsp3) is 0.611. The highest BCUT2D eigenvalue weighted by Gasteiger charge is 2.29. The maximum absolute atomic E-state index is 12.7. The lowest BCUT2D eigenvalue weighted by Crippen LogP contribution is -2.55. The van der Waals surface area contributed by atoms with Crippen LogP contribution in [0.25, 0.3) is 0 Å². The molecular weight excluding hydrogens is 361 g/mol. The molecule has 0 aliphatic carbocycles. The summed E-state index contributed by atoms with van der Waals surface area (Å²) in [5.74, 6) is 0.0342. The molecule has 7 heteroatoms. The van der Waals surface area contributed by atoms with E-state index < -0.39 is 0 Å². The van der Waals surface area contributed by atoms with Gasteiger partial charge in [-0.05, 0) is 44.4 Å². The second-order valence-corrected chi connectivity index (χ2v) is 6.96. The van der Waals surface area contributed by atoms with Gasteiger partial charge in [-0.1, -0.05) is 6.07 Å². The zero-order valence-electron chi connectivity index (χ0n) is 15.0. The molecule has 0 saturated carbocycles. The number of nitrogens with zero attached hydrogens (tertiary/aromatic N) is 1. The third-order valence-electron chi connectivity index (χ3n) is 4.89. The molecule has 2 heterocycles. The molecule has 142 valence electrons. The van der Waals surface area contributed by atoms with Crippen molar-refractivity contribution in [1.29, 1.82) is 0 Å². The molecule has 0 bridgehead atoms. The smallest absolute Gasteiger partial charge is 0.251 e. The fourth-order valence-corrected chi connectivity index (χ4v) is 3.40. The molecule has 3 rings (SSSR count). The Kier molecular flexibility index (Phi) is 8.48. The zero-order valence-corrected chi connectivity index (χ0v) is 16.6. The van der Waals surface area contributed by atoms with Gasteiger partial charge in [-0.3, -0.25) is 9.69 Å². The average Bonchev–Trinajstić information content (AvgIpc) is 2.60. The van der Waals surface area contributed by atoms with Crippen LogP contribution in [0.3, 0.4) is 0 Å². The summed E-state index contributed by atoms with van der Waals surface area (Å²) in [6.07, 6.45) is 2.05. The molecular formula is C18H29Cl2N3O2. The number of ether oxygens (including phenoxy) is 1. The van der Waals surface area contributed by atoms with Crippen molar-refractivity contribution in [3.63, 3.8) is 0 Å². The topological polar surface area (TPSA) is 53.6 Å². The molecule has 0 unspecified atom stereocenters. The number of amides is 1. The van der Waals surface area contributed by atoms with Crippen molar-refractivity contribution in [3.8, 4) is 0 Å². The summed E-state index contributed by atoms with van der Waals surface area (Å²) in [7, 11) is 0. The molecule has 0 atom stereocenters. The zero-order chi connectivity index (χ0) is 16.3. The SMILES string of the molecule is CC(C)(CNC(=O)c1cccc2c1CCCN2)N1CCOCC1.Cl.Cl. The standard InChI is InChI=1S/C18H27N3O2.2ClH/c1-18(2,21-9-11-23-12-10-21)13-20-17(22)15-5-3-7-16-14(15)6-4-8-19-16;;/h3,5,7,19H,4,6,8-13H2,1-2H3,(H,20,22);2*1H. The maximum Gasteiger partial charge on any atom is 0.251 e. The number of halogens is 2. The summed E-state index contributed by atoms with van der Waals surface area (Å²) < 4.78 is 5.42. The number of anilines is 1. The molecule has 0 radical (unpaired) electrons. The molecule has 0 spiro atoms. The van der Waals surface area contributed by atoms with Gasteiger partial charge in [0.15, 0.2) is 0 Å². The van der Waals surface area contributed by atoms with Crippen LogP contribution in [0.15, 0.2) is 18.2 Å². The Morgan fingerprint density at radius 1 is 1.28 bits per heavy atom. The van der Waals surface area contributed by atoms with Gasteiger partial charge in [0, 0.05) is 43.0 Å². The molecule has 1 saturated heterocycles. The predicted molar refractivity (Wildman–Crippen MR) is 107 cm³/mol. The van der Waals surface area contributed by atoms with Gasteiger partial charge in [0.25, 0.3) is 5.91 Å². The van der Waals surface area contributed by atoms with Crippen LogP contribution < -0.4 is 10.6 Å². The predicted octanol–water partition coefficient (Wildman–Crippen LogP) is 2.73. The van der Waals surface area contributed by atoms with E-state index >= 15 is 0 Å². The molecule has 1 fully saturated rings. The van der Waals surface area contributed by atoms with Gasteiger partial charge in [-0.15, -0.1) is 24.8 Å². The van der Waals surface area contributed by atoms with Gasteiger partial charge in [0.05, 0.1) is 13.2 Å². The lowest BCUT2D eigenvalue weighted by atomic mass is 9.96. The number of benzene rings is 1. The Morgan fingerprint density at radius 2 is 2.00 bits per heavy atom. The number of carbonyl (C=O) groups excluding carboxylic acids is 1. The van der Waals surface area contributed by atoms with Gasteiger partial charge >= 0.3 is 0 Å². The number of hydrogen-bond donors (Lipinski definition) is 2. The number of carbonyl (C=O) groups is 1. The van der Waals surface area contributed by atoms with E-state index in [-0.39, 0.29) is 36.3 Å². The van der Waals surface area contributed by atoms with Crippen molar-refractivity contribution in [2.45, 2.75) is 32.2 Å². The Bertz CT molecular complexity index is 575. The van der Waals surface area contributed by atoms with E-state index in [1.54, 1.807) is 0 Å². The molecule has 1 amide bonds. The van der Waals surface area contributed by atoms with E-state index in [2.05, 4.69) is 35.4 Å². The van der Waals surface area contributed by atoms with Crippen LogP contribution in [0, 0.1) is 0 Å². The lowest BCUT2D eigenvalue weighted by molar-refractivity contribution is -0.00923. The first kappa shape index (κ1) is 22.0. The largest absolute Gasteiger partial charge is 0.385 e. The summed E-state index contributed by atoms with van der Waals surface area (Å²) in [4.78, 5) is 15.1. The van der Waals surface area contributed by atoms with Crippen molar-refractivity contribution in [1.82, 2.24) is 10.2 Å². The minimum absolute atomic E-state index is 0. The van der Waals surface area contributed by atoms with Crippen molar-refractivity contribution in [2.75, 3.05) is 44.7 Å². The van der Waals surface area contributed by atoms with Crippen LogP contribution in [0.2, 0.25) is 0 Å². The molecule has 2 aliphatic rings. The number of nitrogens with one attached hydrogen (secondary N) is 2. The first-order valence-corrected chi connectivity index (χ1v) is 8.55. The number of rotatable bonds is 4. The Labute approximate surface area is 162 Å². The van der Waals surface area contributed by atoms with Gasteiger partial charge in [-0.25, -0.2) is 0 Å². The van der Waals surface area contributed by atoms with Crippen molar-refractivity contribution in [3.05, 3.63) is 29.3 Å². The van der Waals surface area contributed by atoms with Crippen molar-refractivity contribution < 1.29 is 9.53 Å². The lowest BCUT2D eigenvalue weighted by Gasteiger charge is -2.40. The fourth-order valence-electron chi connectivity index (χ4n) is 3.40. The van der Waals surface area contributed by atoms with Gasteiger partial charge < -0.3 is 15.4 Å². The van der Waals surface area contributed by atoms with E-state index in [0.29, 0.717) is 6.54 Å². The highest BCUT2D eigenvalue weighted by Crippen LogP contribution is 2.25. The summed E-state index contributed by atoms with van der Waals surface area (Å²) >= 11 is 0. The van der Waals surface area contributed by atoms with Gasteiger partial charge in [-0.2, -0.15) is 0 Å². The molecule has 2 N–H and O–H groups in total. The summed E-state index contributed by atoms with van der Waals surface area (Å²) in [5.41, 5.74) is 3.01. The summed E-state index contributed by atoms with van der Waals surface area (Å²) in [6, 6.07) is 5.95. The number of morpholine rings is 1. The van der Waals surface area contributed by atoms with Crippen LogP contribution in [0.1, 0.15) is 36.2 Å². The highest BCUT2D eigenvalue weighted by molar-refractivity contribution is 5.97. The molecule has 2 aliphatic heterocycles.